The molecule has 0 N–H and O–H groups in total. The predicted molar refractivity (Wildman–Crippen MR) is 106 cm³/mol. The molecule has 0 fully saturated rings. The molecule has 0 aromatic heterocycles. The molecule has 0 radical (unpaired) electrons. The first-order valence-electron chi connectivity index (χ1n) is 8.13. The summed E-state index contributed by atoms with van der Waals surface area (Å²) in [7, 11) is 0. The van der Waals surface area contributed by atoms with Crippen LogP contribution in [0, 0.1) is 0 Å². The number of benzene rings is 3. The molecule has 0 aliphatic carbocycles. The van der Waals surface area contributed by atoms with Gasteiger partial charge in [-0.25, -0.2) is 0 Å². The first-order valence-corrected chi connectivity index (χ1v) is 8.13. The van der Waals surface area contributed by atoms with Gasteiger partial charge in [-0.3, -0.25) is 0 Å². The van der Waals surface area contributed by atoms with Crippen LogP contribution in [0.25, 0.3) is 10.8 Å². The molecule has 24 heavy (non-hydrogen) atoms. The van der Waals surface area contributed by atoms with Crippen LogP contribution >= 0.6 is 0 Å². The van der Waals surface area contributed by atoms with E-state index in [9.17, 15) is 0 Å². The van der Waals surface area contributed by atoms with E-state index in [-0.39, 0.29) is 0 Å². The smallest absolute Gasteiger partial charge is 0.0467 e. The van der Waals surface area contributed by atoms with Gasteiger partial charge in [-0.15, -0.1) is 0 Å². The van der Waals surface area contributed by atoms with E-state index >= 15 is 0 Å². The first kappa shape index (κ1) is 15.8. The topological polar surface area (TPSA) is 3.24 Å². The van der Waals surface area contributed by atoms with Gasteiger partial charge in [0.15, 0.2) is 0 Å². The Morgan fingerprint density at radius 3 is 2.25 bits per heavy atom. The van der Waals surface area contributed by atoms with Gasteiger partial charge in [0, 0.05) is 17.1 Å². The molecule has 0 saturated heterocycles. The molecule has 3 aromatic carbocycles. The monoisotopic (exact) mass is 311 g/mol. The molecular weight excluding hydrogens is 290 g/mol. The SMILES string of the molecule is C=C/C(=C\C=C\C)N(c1ccccc1)c1ccc2ccccc2c1. The highest BCUT2D eigenvalue weighted by Crippen LogP contribution is 2.32. The lowest BCUT2D eigenvalue weighted by atomic mass is 10.1. The number of fused-ring (bicyclic) bond motifs is 1. The summed E-state index contributed by atoms with van der Waals surface area (Å²) >= 11 is 0. The van der Waals surface area contributed by atoms with Gasteiger partial charge in [0.1, 0.15) is 0 Å². The Morgan fingerprint density at radius 1 is 0.833 bits per heavy atom. The molecule has 0 amide bonds. The van der Waals surface area contributed by atoms with E-state index in [1.165, 1.54) is 10.8 Å². The van der Waals surface area contributed by atoms with E-state index in [0.717, 1.165) is 17.1 Å². The number of nitrogens with zero attached hydrogens (tertiary/aromatic N) is 1. The second kappa shape index (κ2) is 7.47. The Kier molecular flexibility index (Phi) is 4.93. The maximum absolute atomic E-state index is 4.00. The van der Waals surface area contributed by atoms with Crippen LogP contribution in [0.1, 0.15) is 6.92 Å². The van der Waals surface area contributed by atoms with E-state index in [1.54, 1.807) is 0 Å². The lowest BCUT2D eigenvalue weighted by Crippen LogP contribution is -2.14. The number of hydrogen-bond donors (Lipinski definition) is 0. The highest BCUT2D eigenvalue weighted by atomic mass is 15.1. The Morgan fingerprint density at radius 2 is 1.54 bits per heavy atom. The van der Waals surface area contributed by atoms with Crippen molar-refractivity contribution in [3.05, 3.63) is 109 Å². The Bertz CT molecular complexity index is 888. The van der Waals surface area contributed by atoms with Crippen LogP contribution in [0.4, 0.5) is 11.4 Å². The molecule has 0 aliphatic rings. The molecule has 0 saturated carbocycles. The summed E-state index contributed by atoms with van der Waals surface area (Å²) in [6.07, 6.45) is 8.03. The van der Waals surface area contributed by atoms with Crippen LogP contribution in [-0.4, -0.2) is 0 Å². The van der Waals surface area contributed by atoms with Crippen molar-refractivity contribution in [2.24, 2.45) is 0 Å². The van der Waals surface area contributed by atoms with Crippen molar-refractivity contribution in [3.63, 3.8) is 0 Å². The Labute approximate surface area is 143 Å². The van der Waals surface area contributed by atoms with E-state index < -0.39 is 0 Å². The quantitative estimate of drug-likeness (QED) is 0.478. The first-order chi connectivity index (χ1) is 11.8. The minimum absolute atomic E-state index is 1.04. The minimum Gasteiger partial charge on any atom is -0.311 e. The number of rotatable bonds is 5. The Hall–Kier alpha value is -3.06. The van der Waals surface area contributed by atoms with Gasteiger partial charge in [-0.2, -0.15) is 0 Å². The van der Waals surface area contributed by atoms with Crippen molar-refractivity contribution in [2.45, 2.75) is 6.92 Å². The standard InChI is InChI=1S/C23H21N/c1-3-5-13-21(4-2)24(22-14-7-6-8-15-22)23-17-16-19-11-9-10-12-20(19)18-23/h3-18H,2H2,1H3/b5-3+,21-13+. The molecule has 3 aromatic rings. The zero-order valence-electron chi connectivity index (χ0n) is 13.9. The number of anilines is 2. The third-order valence-electron chi connectivity index (χ3n) is 3.93. The molecule has 0 unspecified atom stereocenters. The van der Waals surface area contributed by atoms with Crippen molar-refractivity contribution in [1.29, 1.82) is 0 Å². The fourth-order valence-electron chi connectivity index (χ4n) is 2.77. The van der Waals surface area contributed by atoms with Crippen molar-refractivity contribution >= 4 is 22.1 Å². The summed E-state index contributed by atoms with van der Waals surface area (Å²) in [4.78, 5) is 2.22. The third-order valence-corrected chi connectivity index (χ3v) is 3.93. The summed E-state index contributed by atoms with van der Waals surface area (Å²) in [6, 6.07) is 25.3. The van der Waals surface area contributed by atoms with Crippen molar-refractivity contribution in [2.75, 3.05) is 4.90 Å². The highest BCUT2D eigenvalue weighted by Gasteiger charge is 2.12. The van der Waals surface area contributed by atoms with Crippen molar-refractivity contribution in [3.8, 4) is 0 Å². The van der Waals surface area contributed by atoms with Crippen LogP contribution in [0.2, 0.25) is 0 Å². The molecule has 0 atom stereocenters. The van der Waals surface area contributed by atoms with E-state index in [0.29, 0.717) is 0 Å². The maximum atomic E-state index is 4.00. The van der Waals surface area contributed by atoms with Crippen molar-refractivity contribution in [1.82, 2.24) is 0 Å². The fraction of sp³-hybridized carbons (Fsp3) is 0.0435. The molecule has 0 aliphatic heterocycles. The van der Waals surface area contributed by atoms with Gasteiger partial charge in [0.05, 0.1) is 0 Å². The molecule has 1 heteroatoms. The van der Waals surface area contributed by atoms with Gasteiger partial charge >= 0.3 is 0 Å². The summed E-state index contributed by atoms with van der Waals surface area (Å²) in [5.41, 5.74) is 3.27. The third kappa shape index (κ3) is 3.31. The summed E-state index contributed by atoms with van der Waals surface area (Å²) in [6.45, 7) is 6.02. The number of hydrogen-bond acceptors (Lipinski definition) is 1. The zero-order chi connectivity index (χ0) is 16.8. The Balaban J connectivity index is 2.17. The van der Waals surface area contributed by atoms with Gasteiger partial charge in [0.25, 0.3) is 0 Å². The highest BCUT2D eigenvalue weighted by molar-refractivity contribution is 5.87. The molecule has 0 bridgehead atoms. The number of para-hydroxylation sites is 1. The summed E-state index contributed by atoms with van der Waals surface area (Å²) in [5.74, 6) is 0. The zero-order valence-corrected chi connectivity index (χ0v) is 13.9. The molecule has 1 nitrogen and oxygen atoms in total. The van der Waals surface area contributed by atoms with E-state index in [1.807, 2.05) is 31.2 Å². The molecular formula is C23H21N. The summed E-state index contributed by atoms with van der Waals surface area (Å²) < 4.78 is 0. The van der Waals surface area contributed by atoms with Crippen LogP contribution < -0.4 is 4.90 Å². The largest absolute Gasteiger partial charge is 0.311 e. The normalized spacial score (nSPS) is 11.8. The molecule has 0 spiro atoms. The summed E-state index contributed by atoms with van der Waals surface area (Å²) in [5, 5.41) is 2.47. The van der Waals surface area contributed by atoms with E-state index in [2.05, 4.69) is 84.3 Å². The van der Waals surface area contributed by atoms with Crippen LogP contribution in [-0.2, 0) is 0 Å². The van der Waals surface area contributed by atoms with Gasteiger partial charge in [0.2, 0.25) is 0 Å². The average Bonchev–Trinajstić information content (AvgIpc) is 2.65. The second-order valence-corrected chi connectivity index (χ2v) is 5.52. The molecule has 0 heterocycles. The lowest BCUT2D eigenvalue weighted by molar-refractivity contribution is 1.21. The molecule has 3 rings (SSSR count). The lowest BCUT2D eigenvalue weighted by Gasteiger charge is -2.26. The fourth-order valence-corrected chi connectivity index (χ4v) is 2.77. The minimum atomic E-state index is 1.04. The van der Waals surface area contributed by atoms with Gasteiger partial charge < -0.3 is 4.90 Å². The average molecular weight is 311 g/mol. The second-order valence-electron chi connectivity index (χ2n) is 5.52. The van der Waals surface area contributed by atoms with Crippen LogP contribution in [0.5, 0.6) is 0 Å². The van der Waals surface area contributed by atoms with Crippen LogP contribution in [0.15, 0.2) is 109 Å². The predicted octanol–water partition coefficient (Wildman–Crippen LogP) is 6.62. The van der Waals surface area contributed by atoms with Gasteiger partial charge in [-0.1, -0.05) is 67.3 Å². The van der Waals surface area contributed by atoms with Gasteiger partial charge in [-0.05, 0) is 54.1 Å². The van der Waals surface area contributed by atoms with E-state index in [4.69, 9.17) is 0 Å². The number of allylic oxidation sites excluding steroid dienone is 4. The maximum Gasteiger partial charge on any atom is 0.0467 e. The molecule has 118 valence electrons. The van der Waals surface area contributed by atoms with Crippen LogP contribution in [0.3, 0.4) is 0 Å². The van der Waals surface area contributed by atoms with Crippen molar-refractivity contribution < 1.29 is 0 Å².